The van der Waals surface area contributed by atoms with Gasteiger partial charge in [-0.15, -0.1) is 19.0 Å². The van der Waals surface area contributed by atoms with E-state index < -0.39 is 0 Å². The molecular formula is C10H16ClN3. The zero-order valence-electron chi connectivity index (χ0n) is 8.23. The molecule has 0 amide bonds. The van der Waals surface area contributed by atoms with Crippen molar-refractivity contribution in [1.82, 2.24) is 4.98 Å². The number of nitrogens with zero attached hydrogens (tertiary/aromatic N) is 1. The van der Waals surface area contributed by atoms with Gasteiger partial charge in [0.2, 0.25) is 0 Å². The fourth-order valence-corrected chi connectivity index (χ4v) is 1.23. The van der Waals surface area contributed by atoms with Crippen LogP contribution in [0.4, 0.5) is 5.82 Å². The summed E-state index contributed by atoms with van der Waals surface area (Å²) < 4.78 is 0. The molecule has 0 aliphatic carbocycles. The number of nitrogens with two attached hydrogens (primary N) is 2. The third-order valence-corrected chi connectivity index (χ3v) is 1.84. The predicted octanol–water partition coefficient (Wildman–Crippen LogP) is 2.05. The van der Waals surface area contributed by atoms with Crippen LogP contribution in [0, 0.1) is 0 Å². The summed E-state index contributed by atoms with van der Waals surface area (Å²) in [4.78, 5) is 3.98. The molecule has 0 radical (unpaired) electrons. The van der Waals surface area contributed by atoms with Crippen LogP contribution in [0.1, 0.15) is 24.9 Å². The lowest BCUT2D eigenvalue weighted by atomic mass is 10.0. The second-order valence-corrected chi connectivity index (χ2v) is 3.25. The second-order valence-electron chi connectivity index (χ2n) is 3.25. The third kappa shape index (κ3) is 3.36. The summed E-state index contributed by atoms with van der Waals surface area (Å²) in [6.07, 6.45) is 2.40. The van der Waals surface area contributed by atoms with Gasteiger partial charge in [-0.25, -0.2) is 4.98 Å². The molecule has 0 saturated heterocycles. The SMILES string of the molecule is C=C(C)C[C@H](N)c1cccnc1N.Cl. The van der Waals surface area contributed by atoms with Crippen molar-refractivity contribution in [3.8, 4) is 0 Å². The molecule has 1 aromatic rings. The van der Waals surface area contributed by atoms with E-state index in [9.17, 15) is 0 Å². The van der Waals surface area contributed by atoms with Gasteiger partial charge in [-0.2, -0.15) is 0 Å². The van der Waals surface area contributed by atoms with Crippen LogP contribution in [0.5, 0.6) is 0 Å². The van der Waals surface area contributed by atoms with Crippen LogP contribution in [-0.4, -0.2) is 4.98 Å². The van der Waals surface area contributed by atoms with Crippen molar-refractivity contribution < 1.29 is 0 Å². The van der Waals surface area contributed by atoms with Crippen LogP contribution >= 0.6 is 12.4 Å². The summed E-state index contributed by atoms with van der Waals surface area (Å²) in [7, 11) is 0. The molecule has 1 atom stereocenters. The highest BCUT2D eigenvalue weighted by Gasteiger charge is 2.09. The number of halogens is 1. The van der Waals surface area contributed by atoms with Crippen LogP contribution in [0.15, 0.2) is 30.5 Å². The molecule has 78 valence electrons. The number of pyridine rings is 1. The summed E-state index contributed by atoms with van der Waals surface area (Å²) >= 11 is 0. The zero-order chi connectivity index (χ0) is 9.84. The quantitative estimate of drug-likeness (QED) is 0.756. The van der Waals surface area contributed by atoms with Gasteiger partial charge in [-0.1, -0.05) is 11.6 Å². The van der Waals surface area contributed by atoms with E-state index in [2.05, 4.69) is 11.6 Å². The van der Waals surface area contributed by atoms with Gasteiger partial charge in [0.25, 0.3) is 0 Å². The molecule has 0 saturated carbocycles. The monoisotopic (exact) mass is 213 g/mol. The number of aromatic nitrogens is 1. The lowest BCUT2D eigenvalue weighted by molar-refractivity contribution is 0.716. The summed E-state index contributed by atoms with van der Waals surface area (Å²) in [6, 6.07) is 3.64. The highest BCUT2D eigenvalue weighted by molar-refractivity contribution is 5.85. The van der Waals surface area contributed by atoms with E-state index in [1.807, 2.05) is 19.1 Å². The first-order valence-electron chi connectivity index (χ1n) is 4.21. The average Bonchev–Trinajstić information content (AvgIpc) is 2.03. The van der Waals surface area contributed by atoms with Gasteiger partial charge in [-0.05, 0) is 19.4 Å². The van der Waals surface area contributed by atoms with Gasteiger partial charge in [-0.3, -0.25) is 0 Å². The smallest absolute Gasteiger partial charge is 0.128 e. The lowest BCUT2D eigenvalue weighted by Crippen LogP contribution is -2.13. The number of hydrogen-bond donors (Lipinski definition) is 2. The Morgan fingerprint density at radius 2 is 2.29 bits per heavy atom. The minimum absolute atomic E-state index is 0. The maximum atomic E-state index is 5.92. The Bertz CT molecular complexity index is 312. The Labute approximate surface area is 90.6 Å². The van der Waals surface area contributed by atoms with Crippen molar-refractivity contribution in [2.24, 2.45) is 5.73 Å². The van der Waals surface area contributed by atoms with E-state index in [0.717, 1.165) is 17.6 Å². The fraction of sp³-hybridized carbons (Fsp3) is 0.300. The Morgan fingerprint density at radius 3 is 2.79 bits per heavy atom. The summed E-state index contributed by atoms with van der Waals surface area (Å²) in [6.45, 7) is 5.76. The number of anilines is 1. The molecule has 0 bridgehead atoms. The molecule has 1 rings (SSSR count). The van der Waals surface area contributed by atoms with E-state index >= 15 is 0 Å². The standard InChI is InChI=1S/C10H15N3.ClH/c1-7(2)6-9(11)8-4-3-5-13-10(8)12;/h3-5,9H,1,6,11H2,2H3,(H2,12,13);1H/t9-;/m0./s1. The van der Waals surface area contributed by atoms with Gasteiger partial charge in [0.1, 0.15) is 5.82 Å². The highest BCUT2D eigenvalue weighted by Crippen LogP contribution is 2.20. The van der Waals surface area contributed by atoms with E-state index in [4.69, 9.17) is 11.5 Å². The Kier molecular flexibility index (Phi) is 5.20. The molecule has 0 aliphatic rings. The zero-order valence-corrected chi connectivity index (χ0v) is 9.05. The molecule has 0 unspecified atom stereocenters. The molecule has 4 N–H and O–H groups in total. The van der Waals surface area contributed by atoms with Crippen LogP contribution in [0.3, 0.4) is 0 Å². The van der Waals surface area contributed by atoms with Crippen molar-refractivity contribution in [2.45, 2.75) is 19.4 Å². The van der Waals surface area contributed by atoms with Crippen molar-refractivity contribution in [2.75, 3.05) is 5.73 Å². The third-order valence-electron chi connectivity index (χ3n) is 1.84. The molecule has 14 heavy (non-hydrogen) atoms. The normalized spacial score (nSPS) is 11.6. The molecule has 1 heterocycles. The molecule has 0 spiro atoms. The maximum absolute atomic E-state index is 5.92. The Hall–Kier alpha value is -1.06. The first-order valence-corrected chi connectivity index (χ1v) is 4.21. The molecule has 0 fully saturated rings. The minimum atomic E-state index is -0.0915. The first kappa shape index (κ1) is 12.9. The van der Waals surface area contributed by atoms with Crippen LogP contribution in [0.25, 0.3) is 0 Å². The summed E-state index contributed by atoms with van der Waals surface area (Å²) in [5, 5.41) is 0. The van der Waals surface area contributed by atoms with Gasteiger partial charge < -0.3 is 11.5 Å². The molecule has 0 aromatic carbocycles. The van der Waals surface area contributed by atoms with Gasteiger partial charge >= 0.3 is 0 Å². The molecular weight excluding hydrogens is 198 g/mol. The van der Waals surface area contributed by atoms with E-state index in [1.54, 1.807) is 6.20 Å². The number of hydrogen-bond acceptors (Lipinski definition) is 3. The van der Waals surface area contributed by atoms with Crippen molar-refractivity contribution >= 4 is 18.2 Å². The largest absolute Gasteiger partial charge is 0.383 e. The van der Waals surface area contributed by atoms with Gasteiger partial charge in [0.15, 0.2) is 0 Å². The van der Waals surface area contributed by atoms with Gasteiger partial charge in [0.05, 0.1) is 0 Å². The van der Waals surface area contributed by atoms with Crippen molar-refractivity contribution in [3.05, 3.63) is 36.0 Å². The summed E-state index contributed by atoms with van der Waals surface area (Å²) in [5.41, 5.74) is 13.5. The maximum Gasteiger partial charge on any atom is 0.128 e. The van der Waals surface area contributed by atoms with E-state index in [-0.39, 0.29) is 18.4 Å². The number of rotatable bonds is 3. The van der Waals surface area contributed by atoms with Crippen LogP contribution in [0.2, 0.25) is 0 Å². The number of nitrogen functional groups attached to an aromatic ring is 1. The molecule has 4 heteroatoms. The Morgan fingerprint density at radius 1 is 1.64 bits per heavy atom. The average molecular weight is 214 g/mol. The Balaban J connectivity index is 0.00000169. The van der Waals surface area contributed by atoms with Crippen LogP contribution in [-0.2, 0) is 0 Å². The van der Waals surface area contributed by atoms with Crippen molar-refractivity contribution in [1.29, 1.82) is 0 Å². The lowest BCUT2D eigenvalue weighted by Gasteiger charge is -2.12. The highest BCUT2D eigenvalue weighted by atomic mass is 35.5. The van der Waals surface area contributed by atoms with E-state index in [1.165, 1.54) is 0 Å². The van der Waals surface area contributed by atoms with Crippen molar-refractivity contribution in [3.63, 3.8) is 0 Å². The predicted molar refractivity (Wildman–Crippen MR) is 62.3 cm³/mol. The fourth-order valence-electron chi connectivity index (χ4n) is 1.23. The topological polar surface area (TPSA) is 64.9 Å². The van der Waals surface area contributed by atoms with E-state index in [0.29, 0.717) is 5.82 Å². The van der Waals surface area contributed by atoms with Gasteiger partial charge in [0, 0.05) is 17.8 Å². The molecule has 0 aliphatic heterocycles. The summed E-state index contributed by atoms with van der Waals surface area (Å²) in [5.74, 6) is 0.510. The first-order chi connectivity index (χ1) is 6.11. The molecule has 1 aromatic heterocycles. The van der Waals surface area contributed by atoms with Crippen LogP contribution < -0.4 is 11.5 Å². The molecule has 3 nitrogen and oxygen atoms in total. The second kappa shape index (κ2) is 5.62. The minimum Gasteiger partial charge on any atom is -0.383 e.